The van der Waals surface area contributed by atoms with E-state index in [1.165, 1.54) is 12.1 Å². The Morgan fingerprint density at radius 3 is 2.64 bits per heavy atom. The zero-order chi connectivity index (χ0) is 15.9. The number of carbonyl (C=O) groups excluding carboxylic acids is 1. The van der Waals surface area contributed by atoms with Crippen LogP contribution in [0.2, 0.25) is 0 Å². The molecule has 2 N–H and O–H groups in total. The zero-order valence-electron chi connectivity index (χ0n) is 12.6. The predicted octanol–water partition coefficient (Wildman–Crippen LogP) is 2.41. The number of nitrogens with one attached hydrogen (secondary N) is 2. The van der Waals surface area contributed by atoms with Gasteiger partial charge < -0.3 is 10.6 Å². The van der Waals surface area contributed by atoms with Crippen LogP contribution in [0.5, 0.6) is 0 Å². The molecule has 1 heterocycles. The van der Waals surface area contributed by atoms with Crippen molar-refractivity contribution in [1.29, 1.82) is 0 Å². The first kappa shape index (κ1) is 15.9. The quantitative estimate of drug-likeness (QED) is 0.860. The molecule has 0 atom stereocenters. The van der Waals surface area contributed by atoms with Crippen LogP contribution in [0.3, 0.4) is 0 Å². The van der Waals surface area contributed by atoms with Gasteiger partial charge in [0.05, 0.1) is 0 Å². The van der Waals surface area contributed by atoms with Crippen LogP contribution in [-0.4, -0.2) is 28.5 Å². The molecule has 0 spiro atoms. The third kappa shape index (κ3) is 4.80. The van der Waals surface area contributed by atoms with Gasteiger partial charge in [0, 0.05) is 18.8 Å². The Hall–Kier alpha value is -2.50. The summed E-state index contributed by atoms with van der Waals surface area (Å²) in [6, 6.07) is 7.99. The first-order valence-corrected chi connectivity index (χ1v) is 7.17. The average molecular weight is 302 g/mol. The fourth-order valence-corrected chi connectivity index (χ4v) is 1.87. The highest BCUT2D eigenvalue weighted by molar-refractivity contribution is 5.92. The molecule has 0 aliphatic rings. The van der Waals surface area contributed by atoms with Crippen LogP contribution in [0, 0.1) is 5.82 Å². The van der Waals surface area contributed by atoms with E-state index in [1.54, 1.807) is 24.4 Å². The van der Waals surface area contributed by atoms with Crippen molar-refractivity contribution in [3.63, 3.8) is 0 Å². The van der Waals surface area contributed by atoms with Crippen molar-refractivity contribution in [2.75, 3.05) is 11.9 Å². The number of amides is 1. The summed E-state index contributed by atoms with van der Waals surface area (Å²) in [4.78, 5) is 20.3. The van der Waals surface area contributed by atoms with Gasteiger partial charge in [0.25, 0.3) is 5.91 Å². The standard InChI is InChI=1S/C16H19FN4O/c1-11(2)20-16-19-10-8-14(21-16)15(22)18-9-7-12-3-5-13(17)6-4-12/h3-6,8,10-11H,7,9H2,1-2H3,(H,18,22)(H,19,20,21). The van der Waals surface area contributed by atoms with E-state index in [4.69, 9.17) is 0 Å². The summed E-state index contributed by atoms with van der Waals surface area (Å²) in [6.07, 6.45) is 2.18. The maximum absolute atomic E-state index is 12.8. The SMILES string of the molecule is CC(C)Nc1nccc(C(=O)NCCc2ccc(F)cc2)n1. The largest absolute Gasteiger partial charge is 0.352 e. The lowest BCUT2D eigenvalue weighted by Gasteiger charge is -2.09. The van der Waals surface area contributed by atoms with Crippen LogP contribution in [0.4, 0.5) is 10.3 Å². The van der Waals surface area contributed by atoms with Gasteiger partial charge in [0.15, 0.2) is 0 Å². The van der Waals surface area contributed by atoms with E-state index in [1.807, 2.05) is 13.8 Å². The van der Waals surface area contributed by atoms with Crippen LogP contribution in [0.1, 0.15) is 29.9 Å². The zero-order valence-corrected chi connectivity index (χ0v) is 12.6. The molecule has 0 unspecified atom stereocenters. The summed E-state index contributed by atoms with van der Waals surface area (Å²) >= 11 is 0. The number of carbonyl (C=O) groups is 1. The summed E-state index contributed by atoms with van der Waals surface area (Å²) < 4.78 is 12.8. The van der Waals surface area contributed by atoms with E-state index in [9.17, 15) is 9.18 Å². The van der Waals surface area contributed by atoms with Crippen LogP contribution in [0.25, 0.3) is 0 Å². The van der Waals surface area contributed by atoms with Gasteiger partial charge in [-0.1, -0.05) is 12.1 Å². The molecule has 1 aromatic carbocycles. The normalized spacial score (nSPS) is 10.5. The second kappa shape index (κ2) is 7.49. The minimum atomic E-state index is -0.265. The van der Waals surface area contributed by atoms with Crippen molar-refractivity contribution in [3.05, 3.63) is 53.6 Å². The molecule has 2 aromatic rings. The summed E-state index contributed by atoms with van der Waals surface area (Å²) in [5, 5.41) is 5.84. The molecule has 2 rings (SSSR count). The lowest BCUT2D eigenvalue weighted by atomic mass is 10.1. The maximum Gasteiger partial charge on any atom is 0.270 e. The predicted molar refractivity (Wildman–Crippen MR) is 83.2 cm³/mol. The van der Waals surface area contributed by atoms with Crippen molar-refractivity contribution in [2.45, 2.75) is 26.3 Å². The lowest BCUT2D eigenvalue weighted by Crippen LogP contribution is -2.27. The fourth-order valence-electron chi connectivity index (χ4n) is 1.87. The van der Waals surface area contributed by atoms with Gasteiger partial charge >= 0.3 is 0 Å². The molecule has 22 heavy (non-hydrogen) atoms. The first-order chi connectivity index (χ1) is 10.5. The summed E-state index contributed by atoms with van der Waals surface area (Å²) in [5.74, 6) is -0.0866. The third-order valence-electron chi connectivity index (χ3n) is 2.92. The Kier molecular flexibility index (Phi) is 5.41. The molecule has 0 saturated carbocycles. The first-order valence-electron chi connectivity index (χ1n) is 7.17. The molecule has 0 aliphatic heterocycles. The molecule has 1 amide bonds. The Labute approximate surface area is 129 Å². The Morgan fingerprint density at radius 2 is 1.95 bits per heavy atom. The molecular weight excluding hydrogens is 283 g/mol. The number of benzene rings is 1. The van der Waals surface area contributed by atoms with Crippen LogP contribution >= 0.6 is 0 Å². The van der Waals surface area contributed by atoms with Gasteiger partial charge in [0.1, 0.15) is 11.5 Å². The van der Waals surface area contributed by atoms with Gasteiger partial charge in [0.2, 0.25) is 5.95 Å². The molecular formula is C16H19FN4O. The molecule has 0 bridgehead atoms. The van der Waals surface area contributed by atoms with Gasteiger partial charge in [-0.25, -0.2) is 14.4 Å². The van der Waals surface area contributed by atoms with E-state index < -0.39 is 0 Å². The Morgan fingerprint density at radius 1 is 1.23 bits per heavy atom. The van der Waals surface area contributed by atoms with Crippen molar-refractivity contribution < 1.29 is 9.18 Å². The van der Waals surface area contributed by atoms with Gasteiger partial charge in [-0.05, 0) is 44.0 Å². The molecule has 5 nitrogen and oxygen atoms in total. The number of hydrogen-bond donors (Lipinski definition) is 2. The molecule has 0 saturated heterocycles. The summed E-state index contributed by atoms with van der Waals surface area (Å²) in [7, 11) is 0. The minimum Gasteiger partial charge on any atom is -0.352 e. The van der Waals surface area contributed by atoms with E-state index in [0.29, 0.717) is 24.6 Å². The van der Waals surface area contributed by atoms with E-state index in [0.717, 1.165) is 5.56 Å². The van der Waals surface area contributed by atoms with Crippen LogP contribution in [0.15, 0.2) is 36.5 Å². The number of anilines is 1. The molecule has 1 aromatic heterocycles. The second-order valence-electron chi connectivity index (χ2n) is 5.20. The molecule has 0 radical (unpaired) electrons. The monoisotopic (exact) mass is 302 g/mol. The summed E-state index contributed by atoms with van der Waals surface area (Å²) in [6.45, 7) is 4.40. The van der Waals surface area contributed by atoms with Crippen LogP contribution in [-0.2, 0) is 6.42 Å². The van der Waals surface area contributed by atoms with E-state index in [2.05, 4.69) is 20.6 Å². The van der Waals surface area contributed by atoms with Crippen molar-refractivity contribution in [3.8, 4) is 0 Å². The Balaban J connectivity index is 1.88. The number of halogens is 1. The molecule has 6 heteroatoms. The van der Waals surface area contributed by atoms with E-state index >= 15 is 0 Å². The van der Waals surface area contributed by atoms with Crippen LogP contribution < -0.4 is 10.6 Å². The molecule has 0 aliphatic carbocycles. The smallest absolute Gasteiger partial charge is 0.270 e. The van der Waals surface area contributed by atoms with Gasteiger partial charge in [-0.15, -0.1) is 0 Å². The highest BCUT2D eigenvalue weighted by Gasteiger charge is 2.08. The Bertz CT molecular complexity index is 628. The summed E-state index contributed by atoms with van der Waals surface area (Å²) in [5.41, 5.74) is 1.28. The van der Waals surface area contributed by atoms with Gasteiger partial charge in [-0.3, -0.25) is 4.79 Å². The molecule has 0 fully saturated rings. The fraction of sp³-hybridized carbons (Fsp3) is 0.312. The lowest BCUT2D eigenvalue weighted by molar-refractivity contribution is 0.0949. The van der Waals surface area contributed by atoms with E-state index in [-0.39, 0.29) is 17.8 Å². The van der Waals surface area contributed by atoms with Crippen molar-refractivity contribution in [2.24, 2.45) is 0 Å². The number of nitrogens with zero attached hydrogens (tertiary/aromatic N) is 2. The highest BCUT2D eigenvalue weighted by atomic mass is 19.1. The average Bonchev–Trinajstić information content (AvgIpc) is 2.49. The second-order valence-corrected chi connectivity index (χ2v) is 5.20. The van der Waals surface area contributed by atoms with Gasteiger partial charge in [-0.2, -0.15) is 0 Å². The van der Waals surface area contributed by atoms with Crippen molar-refractivity contribution in [1.82, 2.24) is 15.3 Å². The number of hydrogen-bond acceptors (Lipinski definition) is 4. The minimum absolute atomic E-state index is 0.191. The highest BCUT2D eigenvalue weighted by Crippen LogP contribution is 2.04. The molecule has 116 valence electrons. The maximum atomic E-state index is 12.8. The topological polar surface area (TPSA) is 66.9 Å². The number of aromatic nitrogens is 2. The third-order valence-corrected chi connectivity index (χ3v) is 2.92. The number of rotatable bonds is 6. The van der Waals surface area contributed by atoms with Crippen molar-refractivity contribution >= 4 is 11.9 Å².